The van der Waals surface area contributed by atoms with Crippen LogP contribution in [0.15, 0.2) is 28.5 Å². The number of halogens is 1. The van der Waals surface area contributed by atoms with Crippen LogP contribution in [0.1, 0.15) is 10.7 Å². The zero-order valence-electron chi connectivity index (χ0n) is 8.11. The van der Waals surface area contributed by atoms with Gasteiger partial charge in [-0.1, -0.05) is 6.07 Å². The van der Waals surface area contributed by atoms with Crippen LogP contribution in [-0.2, 0) is 6.54 Å². The minimum Gasteiger partial charge on any atom is -0.291 e. The average Bonchev–Trinajstić information content (AvgIpc) is 2.71. The number of hydrogen-bond donors (Lipinski definition) is 0. The molecule has 0 spiro atoms. The van der Waals surface area contributed by atoms with Gasteiger partial charge in [0.25, 0.3) is 5.56 Å². The number of rotatable bonds is 2. The smallest absolute Gasteiger partial charge is 0.267 e. The second-order valence-electron chi connectivity index (χ2n) is 3.12. The third-order valence-corrected chi connectivity index (χ3v) is 3.70. The Balaban J connectivity index is 2.44. The van der Waals surface area contributed by atoms with Gasteiger partial charge in [0.2, 0.25) is 0 Å². The zero-order valence-corrected chi connectivity index (χ0v) is 11.1. The van der Waals surface area contributed by atoms with Crippen LogP contribution in [0.5, 0.6) is 0 Å². The molecule has 0 amide bonds. The Labute approximate surface area is 105 Å². The highest BCUT2D eigenvalue weighted by Gasteiger charge is 2.06. The number of aryl methyl sites for hydroxylation is 1. The van der Waals surface area contributed by atoms with Gasteiger partial charge in [-0.15, -0.1) is 11.3 Å². The lowest BCUT2D eigenvalue weighted by Gasteiger charge is -2.07. The van der Waals surface area contributed by atoms with Crippen LogP contribution in [0.25, 0.3) is 0 Å². The summed E-state index contributed by atoms with van der Waals surface area (Å²) >= 11 is 3.67. The monoisotopic (exact) mass is 332 g/mol. The van der Waals surface area contributed by atoms with Gasteiger partial charge >= 0.3 is 0 Å². The summed E-state index contributed by atoms with van der Waals surface area (Å²) in [5, 5.41) is 2.01. The highest BCUT2D eigenvalue weighted by Crippen LogP contribution is 2.10. The molecule has 0 fully saturated rings. The van der Waals surface area contributed by atoms with Crippen molar-refractivity contribution >= 4 is 33.9 Å². The Kier molecular flexibility index (Phi) is 3.20. The molecule has 0 atom stereocenters. The van der Waals surface area contributed by atoms with Crippen molar-refractivity contribution in [3.63, 3.8) is 0 Å². The first kappa shape index (κ1) is 10.8. The largest absolute Gasteiger partial charge is 0.291 e. The quantitative estimate of drug-likeness (QED) is 0.791. The molecule has 2 aromatic rings. The summed E-state index contributed by atoms with van der Waals surface area (Å²) in [5.41, 5.74) is 0.0384. The topological polar surface area (TPSA) is 34.9 Å². The maximum Gasteiger partial charge on any atom is 0.267 e. The van der Waals surface area contributed by atoms with Crippen molar-refractivity contribution in [3.8, 4) is 0 Å². The third-order valence-electron chi connectivity index (χ3n) is 2.10. The van der Waals surface area contributed by atoms with E-state index in [1.54, 1.807) is 22.1 Å². The summed E-state index contributed by atoms with van der Waals surface area (Å²) in [6, 6.07) is 4.01. The van der Waals surface area contributed by atoms with Gasteiger partial charge in [-0.05, 0) is 41.0 Å². The van der Waals surface area contributed by atoms with Crippen LogP contribution in [0.4, 0.5) is 0 Å². The number of hydrogen-bond acceptors (Lipinski definition) is 3. The summed E-state index contributed by atoms with van der Waals surface area (Å²) in [5.74, 6) is 0.758. The molecule has 0 saturated carbocycles. The van der Waals surface area contributed by atoms with Crippen LogP contribution in [0, 0.1) is 10.5 Å². The molecule has 2 aromatic heterocycles. The molecular formula is C10H9IN2OS. The van der Waals surface area contributed by atoms with Gasteiger partial charge < -0.3 is 0 Å². The fourth-order valence-electron chi connectivity index (χ4n) is 1.30. The molecule has 0 radical (unpaired) electrons. The third kappa shape index (κ3) is 2.28. The van der Waals surface area contributed by atoms with Crippen LogP contribution in [-0.4, -0.2) is 9.55 Å². The summed E-state index contributed by atoms with van der Waals surface area (Å²) < 4.78 is 2.36. The van der Waals surface area contributed by atoms with Crippen molar-refractivity contribution in [2.24, 2.45) is 0 Å². The maximum atomic E-state index is 11.8. The minimum absolute atomic E-state index is 0.0384. The van der Waals surface area contributed by atoms with E-state index in [0.717, 1.165) is 5.82 Å². The highest BCUT2D eigenvalue weighted by atomic mass is 127. The second kappa shape index (κ2) is 4.44. The van der Waals surface area contributed by atoms with Gasteiger partial charge in [0.1, 0.15) is 5.82 Å². The van der Waals surface area contributed by atoms with E-state index in [-0.39, 0.29) is 5.56 Å². The first-order chi connectivity index (χ1) is 7.18. The lowest BCUT2D eigenvalue weighted by Crippen LogP contribution is -2.25. The first-order valence-corrected chi connectivity index (χ1v) is 6.38. The molecule has 0 aliphatic rings. The van der Waals surface area contributed by atoms with Gasteiger partial charge in [-0.3, -0.25) is 9.36 Å². The molecule has 78 valence electrons. The van der Waals surface area contributed by atoms with Crippen molar-refractivity contribution in [2.75, 3.05) is 0 Å². The molecule has 3 nitrogen and oxygen atoms in total. The summed E-state index contributed by atoms with van der Waals surface area (Å²) in [4.78, 5) is 17.2. The molecule has 0 aliphatic carbocycles. The molecule has 5 heteroatoms. The van der Waals surface area contributed by atoms with E-state index in [0.29, 0.717) is 10.1 Å². The predicted octanol–water partition coefficient (Wildman–Crippen LogP) is 2.27. The van der Waals surface area contributed by atoms with Gasteiger partial charge in [0, 0.05) is 11.1 Å². The molecular weight excluding hydrogens is 323 g/mol. The molecule has 0 N–H and O–H groups in total. The van der Waals surface area contributed by atoms with Gasteiger partial charge in [-0.2, -0.15) is 0 Å². The molecule has 2 rings (SSSR count). The molecule has 15 heavy (non-hydrogen) atoms. The van der Waals surface area contributed by atoms with Crippen LogP contribution < -0.4 is 5.56 Å². The Hall–Kier alpha value is -0.690. The van der Waals surface area contributed by atoms with Crippen LogP contribution in [0.2, 0.25) is 0 Å². The van der Waals surface area contributed by atoms with Gasteiger partial charge in [0.05, 0.1) is 10.1 Å². The molecule has 0 bridgehead atoms. The van der Waals surface area contributed by atoms with Crippen molar-refractivity contribution in [2.45, 2.75) is 13.5 Å². The molecule has 2 heterocycles. The highest BCUT2D eigenvalue weighted by molar-refractivity contribution is 14.1. The summed E-state index contributed by atoms with van der Waals surface area (Å²) in [6.07, 6.45) is 1.61. The molecule has 0 saturated heterocycles. The van der Waals surface area contributed by atoms with E-state index in [1.165, 1.54) is 4.88 Å². The van der Waals surface area contributed by atoms with Crippen LogP contribution in [0.3, 0.4) is 0 Å². The van der Waals surface area contributed by atoms with Crippen molar-refractivity contribution < 1.29 is 0 Å². The number of thiophene rings is 1. The Morgan fingerprint density at radius 1 is 1.60 bits per heavy atom. The summed E-state index contributed by atoms with van der Waals surface area (Å²) in [7, 11) is 0. The molecule has 0 aliphatic heterocycles. The lowest BCUT2D eigenvalue weighted by atomic mass is 10.4. The standard InChI is InChI=1S/C10H9IN2OS/c1-7-12-5-9(11)10(14)13(7)6-8-3-2-4-15-8/h2-5H,6H2,1H3. The number of aromatic nitrogens is 2. The SMILES string of the molecule is Cc1ncc(I)c(=O)n1Cc1cccs1. The van der Waals surface area contributed by atoms with E-state index in [9.17, 15) is 4.79 Å². The predicted molar refractivity (Wildman–Crippen MR) is 69.4 cm³/mol. The Bertz CT molecular complexity index is 519. The minimum atomic E-state index is 0.0384. The normalized spacial score (nSPS) is 10.5. The van der Waals surface area contributed by atoms with Crippen molar-refractivity contribution in [1.82, 2.24) is 9.55 Å². The maximum absolute atomic E-state index is 11.8. The number of nitrogens with zero attached hydrogens (tertiary/aromatic N) is 2. The lowest BCUT2D eigenvalue weighted by molar-refractivity contribution is 0.702. The van der Waals surface area contributed by atoms with Gasteiger partial charge in [0.15, 0.2) is 0 Å². The second-order valence-corrected chi connectivity index (χ2v) is 5.32. The van der Waals surface area contributed by atoms with Crippen molar-refractivity contribution in [3.05, 3.63) is 48.3 Å². The van der Waals surface area contributed by atoms with Crippen molar-refractivity contribution in [1.29, 1.82) is 0 Å². The first-order valence-electron chi connectivity index (χ1n) is 4.43. The van der Waals surface area contributed by atoms with E-state index >= 15 is 0 Å². The zero-order chi connectivity index (χ0) is 10.8. The van der Waals surface area contributed by atoms with E-state index in [4.69, 9.17) is 0 Å². The Morgan fingerprint density at radius 2 is 2.40 bits per heavy atom. The summed E-state index contributed by atoms with van der Waals surface area (Å²) in [6.45, 7) is 2.47. The molecule has 0 unspecified atom stereocenters. The fourth-order valence-corrected chi connectivity index (χ4v) is 2.42. The van der Waals surface area contributed by atoms with Gasteiger partial charge in [-0.25, -0.2) is 4.98 Å². The average molecular weight is 332 g/mol. The molecule has 0 aromatic carbocycles. The van der Waals surface area contributed by atoms with Crippen LogP contribution >= 0.6 is 33.9 Å². The Morgan fingerprint density at radius 3 is 3.07 bits per heavy atom. The van der Waals surface area contributed by atoms with E-state index in [2.05, 4.69) is 4.98 Å². The van der Waals surface area contributed by atoms with E-state index < -0.39 is 0 Å². The fraction of sp³-hybridized carbons (Fsp3) is 0.200. The van der Waals surface area contributed by atoms with E-state index in [1.807, 2.05) is 47.0 Å².